The van der Waals surface area contributed by atoms with Gasteiger partial charge in [-0.05, 0) is 116 Å². The van der Waals surface area contributed by atoms with Crippen LogP contribution < -0.4 is 0 Å². The predicted octanol–water partition coefficient (Wildman–Crippen LogP) is 17.5. The monoisotopic (exact) mass is 911 g/mol. The van der Waals surface area contributed by atoms with E-state index in [9.17, 15) is 14.4 Å². The number of unbranched alkanes of at least 4 members (excludes halogenated alkanes) is 13. The van der Waals surface area contributed by atoms with Crippen LogP contribution in [0.15, 0.2) is 134 Å². The number of esters is 3. The van der Waals surface area contributed by atoms with Crippen molar-refractivity contribution in [2.24, 2.45) is 0 Å². The van der Waals surface area contributed by atoms with Crippen molar-refractivity contribution in [3.05, 3.63) is 134 Å². The number of carbonyl (C=O) groups excluding carboxylic acids is 3. The van der Waals surface area contributed by atoms with Crippen LogP contribution in [0, 0.1) is 0 Å². The topological polar surface area (TPSA) is 78.9 Å². The van der Waals surface area contributed by atoms with Gasteiger partial charge in [-0.15, -0.1) is 0 Å². The second-order valence-corrected chi connectivity index (χ2v) is 16.7. The van der Waals surface area contributed by atoms with E-state index >= 15 is 0 Å². The minimum absolute atomic E-state index is 0.0820. The molecule has 370 valence electrons. The highest BCUT2D eigenvalue weighted by Gasteiger charge is 2.19. The van der Waals surface area contributed by atoms with Gasteiger partial charge in [-0.2, -0.15) is 0 Å². The molecule has 0 fully saturated rings. The van der Waals surface area contributed by atoms with Gasteiger partial charge in [0.05, 0.1) is 6.42 Å². The maximum Gasteiger partial charge on any atom is 0.310 e. The van der Waals surface area contributed by atoms with Gasteiger partial charge in [0.2, 0.25) is 0 Å². The zero-order valence-electron chi connectivity index (χ0n) is 42.1. The van der Waals surface area contributed by atoms with Crippen molar-refractivity contribution in [3.63, 3.8) is 0 Å². The molecule has 0 aliphatic rings. The Balaban J connectivity index is 4.59. The molecule has 0 radical (unpaired) electrons. The summed E-state index contributed by atoms with van der Waals surface area (Å²) < 4.78 is 16.7. The van der Waals surface area contributed by atoms with Crippen LogP contribution in [0.25, 0.3) is 0 Å². The Kier molecular flexibility index (Phi) is 49.6. The van der Waals surface area contributed by atoms with E-state index in [-0.39, 0.29) is 31.6 Å². The molecular weight excluding hydrogens is 817 g/mol. The third-order valence-electron chi connectivity index (χ3n) is 10.4. The van der Waals surface area contributed by atoms with E-state index in [0.717, 1.165) is 116 Å². The lowest BCUT2D eigenvalue weighted by Crippen LogP contribution is -2.30. The van der Waals surface area contributed by atoms with Gasteiger partial charge >= 0.3 is 17.9 Å². The second-order valence-electron chi connectivity index (χ2n) is 16.7. The first-order chi connectivity index (χ1) is 32.5. The summed E-state index contributed by atoms with van der Waals surface area (Å²) in [5.74, 6) is -1.12. The lowest BCUT2D eigenvalue weighted by atomic mass is 10.1. The number of hydrogen-bond acceptors (Lipinski definition) is 6. The maximum absolute atomic E-state index is 12.7. The molecule has 0 aliphatic heterocycles. The van der Waals surface area contributed by atoms with E-state index in [4.69, 9.17) is 14.2 Å². The highest BCUT2D eigenvalue weighted by molar-refractivity contribution is 5.72. The summed E-state index contributed by atoms with van der Waals surface area (Å²) in [5, 5.41) is 0. The number of allylic oxidation sites excluding steroid dienone is 21. The van der Waals surface area contributed by atoms with Crippen molar-refractivity contribution >= 4 is 17.9 Å². The van der Waals surface area contributed by atoms with Gasteiger partial charge in [0.1, 0.15) is 13.2 Å². The molecule has 1 unspecified atom stereocenters. The SMILES string of the molecule is CC/C=C\C/C=C\C/C=C\C/C=C\C/C=C\CCCCCC(=O)OCC(COC(=O)CCCCCCC/C=C\CCCCCCC)OC(=O)C/C=C\C/C=C\C/C=C\C/C=C\C/C=C\CC. The molecule has 6 nitrogen and oxygen atoms in total. The molecule has 0 aliphatic carbocycles. The Morgan fingerprint density at radius 1 is 0.333 bits per heavy atom. The van der Waals surface area contributed by atoms with E-state index < -0.39 is 12.1 Å². The molecule has 0 aromatic rings. The molecule has 0 rings (SSSR count). The predicted molar refractivity (Wildman–Crippen MR) is 283 cm³/mol. The Hall–Kier alpha value is -4.45. The van der Waals surface area contributed by atoms with E-state index in [1.54, 1.807) is 6.08 Å². The second kappa shape index (κ2) is 53.2. The molecular formula is C60H94O6. The van der Waals surface area contributed by atoms with Gasteiger partial charge in [0.15, 0.2) is 6.10 Å². The van der Waals surface area contributed by atoms with Crippen LogP contribution in [-0.4, -0.2) is 37.2 Å². The zero-order chi connectivity index (χ0) is 47.9. The van der Waals surface area contributed by atoms with Crippen molar-refractivity contribution in [2.75, 3.05) is 13.2 Å². The molecule has 0 saturated heterocycles. The normalized spacial score (nSPS) is 13.2. The fraction of sp³-hybridized carbons (Fsp3) is 0.583. The van der Waals surface area contributed by atoms with Crippen molar-refractivity contribution in [3.8, 4) is 0 Å². The molecule has 0 spiro atoms. The van der Waals surface area contributed by atoms with Crippen molar-refractivity contribution in [2.45, 2.75) is 213 Å². The average Bonchev–Trinajstić information content (AvgIpc) is 3.31. The summed E-state index contributed by atoms with van der Waals surface area (Å²) >= 11 is 0. The summed E-state index contributed by atoms with van der Waals surface area (Å²) in [6.07, 6.45) is 74.6. The summed E-state index contributed by atoms with van der Waals surface area (Å²) in [7, 11) is 0. The highest BCUT2D eigenvalue weighted by Crippen LogP contribution is 2.12. The summed E-state index contributed by atoms with van der Waals surface area (Å²) in [6, 6.07) is 0. The number of carbonyl (C=O) groups is 3. The van der Waals surface area contributed by atoms with Gasteiger partial charge in [-0.1, -0.05) is 206 Å². The largest absolute Gasteiger partial charge is 0.462 e. The van der Waals surface area contributed by atoms with Gasteiger partial charge in [0, 0.05) is 12.8 Å². The first kappa shape index (κ1) is 61.5. The first-order valence-electron chi connectivity index (χ1n) is 26.2. The molecule has 0 aromatic heterocycles. The number of hydrogen-bond donors (Lipinski definition) is 0. The molecule has 0 bridgehead atoms. The maximum atomic E-state index is 12.7. The Bertz CT molecular complexity index is 1460. The molecule has 66 heavy (non-hydrogen) atoms. The smallest absolute Gasteiger partial charge is 0.310 e. The minimum Gasteiger partial charge on any atom is -0.462 e. The lowest BCUT2D eigenvalue weighted by molar-refractivity contribution is -0.166. The van der Waals surface area contributed by atoms with Crippen molar-refractivity contribution in [1.82, 2.24) is 0 Å². The summed E-state index contributed by atoms with van der Waals surface area (Å²) in [4.78, 5) is 38.0. The lowest BCUT2D eigenvalue weighted by Gasteiger charge is -2.18. The summed E-state index contributed by atoms with van der Waals surface area (Å²) in [6.45, 7) is 6.26. The molecule has 0 heterocycles. The van der Waals surface area contributed by atoms with Crippen LogP contribution in [0.1, 0.15) is 207 Å². The van der Waals surface area contributed by atoms with Gasteiger partial charge in [0.25, 0.3) is 0 Å². The standard InChI is InChI=1S/C60H94O6/c1-4-7-10-13-16-19-22-25-28-29-30-31-33-35-38-41-44-47-50-53-59(62)65-56-57(55-64-58(61)52-49-46-43-40-37-34-27-24-21-18-15-12-9-6-3)66-60(63)54-51-48-45-42-39-36-32-26-23-20-17-14-11-8-5-2/h7-8,10-11,16-17,19-20,24-28,30-32,35,38-39,42,48,51,57H,4-6,9,12-15,18,21-23,29,33-34,36-37,40-41,43-47,49-50,52-56H2,1-3H3/b10-7-,11-8-,19-16-,20-17-,27-24-,28-25-,31-30-,32-26-,38-35-,42-39-,51-48-. The number of rotatable bonds is 45. The molecule has 0 aromatic carbocycles. The third kappa shape index (κ3) is 50.5. The van der Waals surface area contributed by atoms with Crippen LogP contribution in [-0.2, 0) is 28.6 Å². The fourth-order valence-electron chi connectivity index (χ4n) is 6.54. The van der Waals surface area contributed by atoms with E-state index in [2.05, 4.69) is 142 Å². The van der Waals surface area contributed by atoms with Crippen LogP contribution in [0.4, 0.5) is 0 Å². The Morgan fingerprint density at radius 2 is 0.636 bits per heavy atom. The first-order valence-corrected chi connectivity index (χ1v) is 26.2. The molecule has 0 amide bonds. The number of ether oxygens (including phenoxy) is 3. The fourth-order valence-corrected chi connectivity index (χ4v) is 6.54. The molecule has 6 heteroatoms. The minimum atomic E-state index is -0.854. The van der Waals surface area contributed by atoms with Crippen LogP contribution in [0.3, 0.4) is 0 Å². The molecule has 1 atom stereocenters. The highest BCUT2D eigenvalue weighted by atomic mass is 16.6. The Morgan fingerprint density at radius 3 is 1.03 bits per heavy atom. The van der Waals surface area contributed by atoms with E-state index in [0.29, 0.717) is 19.3 Å². The van der Waals surface area contributed by atoms with Crippen LogP contribution in [0.5, 0.6) is 0 Å². The van der Waals surface area contributed by atoms with Gasteiger partial charge < -0.3 is 14.2 Å². The zero-order valence-corrected chi connectivity index (χ0v) is 42.1. The van der Waals surface area contributed by atoms with Crippen LogP contribution >= 0.6 is 0 Å². The van der Waals surface area contributed by atoms with Crippen molar-refractivity contribution < 1.29 is 28.6 Å². The van der Waals surface area contributed by atoms with Crippen molar-refractivity contribution in [1.29, 1.82) is 0 Å². The molecule has 0 saturated carbocycles. The van der Waals surface area contributed by atoms with Gasteiger partial charge in [-0.3, -0.25) is 14.4 Å². The Labute approximate surface area is 405 Å². The summed E-state index contributed by atoms with van der Waals surface area (Å²) in [5.41, 5.74) is 0. The third-order valence-corrected chi connectivity index (χ3v) is 10.4. The molecule has 0 N–H and O–H groups in total. The van der Waals surface area contributed by atoms with Gasteiger partial charge in [-0.25, -0.2) is 0 Å². The quantitative estimate of drug-likeness (QED) is 0.0262. The van der Waals surface area contributed by atoms with E-state index in [1.807, 2.05) is 6.08 Å². The van der Waals surface area contributed by atoms with E-state index in [1.165, 1.54) is 44.9 Å². The average molecular weight is 911 g/mol. The van der Waals surface area contributed by atoms with Crippen LogP contribution in [0.2, 0.25) is 0 Å².